The van der Waals surface area contributed by atoms with Gasteiger partial charge >= 0.3 is 0 Å². The second-order valence-corrected chi connectivity index (χ2v) is 8.16. The summed E-state index contributed by atoms with van der Waals surface area (Å²) >= 11 is 5.13. The van der Waals surface area contributed by atoms with E-state index in [1.807, 2.05) is 72.8 Å². The number of hydrogen-bond acceptors (Lipinski definition) is 2. The van der Waals surface area contributed by atoms with Crippen molar-refractivity contribution in [3.05, 3.63) is 106 Å². The van der Waals surface area contributed by atoms with Crippen LogP contribution in [0.2, 0.25) is 0 Å². The number of rotatable bonds is 6. The highest BCUT2D eigenvalue weighted by molar-refractivity contribution is 9.10. The van der Waals surface area contributed by atoms with Gasteiger partial charge < -0.3 is 0 Å². The number of ketones is 1. The molecule has 0 N–H and O–H groups in total. The molecule has 3 rings (SSSR count). The maximum Gasteiger partial charge on any atom is 0.164 e. The van der Waals surface area contributed by atoms with Gasteiger partial charge in [0, 0.05) is 27.8 Å². The van der Waals surface area contributed by atoms with E-state index in [-0.39, 0.29) is 11.0 Å². The Hall–Kier alpha value is -2.28. The number of thioether (sulfide) groups is 1. The van der Waals surface area contributed by atoms with E-state index in [9.17, 15) is 4.79 Å². The van der Waals surface area contributed by atoms with Crippen LogP contribution in [0.5, 0.6) is 0 Å². The first-order chi connectivity index (χ1) is 13.2. The van der Waals surface area contributed by atoms with Gasteiger partial charge in [-0.3, -0.25) is 4.79 Å². The molecule has 3 aromatic carbocycles. The van der Waals surface area contributed by atoms with Crippen molar-refractivity contribution in [1.82, 2.24) is 0 Å². The fourth-order valence-corrected chi connectivity index (χ4v) is 3.79. The SMILES string of the molecule is O=C(CC(C#Cc1ccccc1)SCc1ccccc1)c1ccc(Br)cc1. The Labute approximate surface area is 173 Å². The van der Waals surface area contributed by atoms with Crippen LogP contribution in [0.1, 0.15) is 27.9 Å². The Kier molecular flexibility index (Phi) is 7.33. The Morgan fingerprint density at radius 2 is 1.52 bits per heavy atom. The molecule has 0 bridgehead atoms. The van der Waals surface area contributed by atoms with Gasteiger partial charge in [0.15, 0.2) is 5.78 Å². The summed E-state index contributed by atoms with van der Waals surface area (Å²) in [4.78, 5) is 12.7. The second-order valence-electron chi connectivity index (χ2n) is 6.05. The van der Waals surface area contributed by atoms with Crippen molar-refractivity contribution in [2.75, 3.05) is 0 Å². The molecule has 1 unspecified atom stereocenters. The van der Waals surface area contributed by atoms with E-state index >= 15 is 0 Å². The van der Waals surface area contributed by atoms with Gasteiger partial charge in [0.25, 0.3) is 0 Å². The van der Waals surface area contributed by atoms with Crippen LogP contribution in [-0.2, 0) is 5.75 Å². The Balaban J connectivity index is 1.73. The van der Waals surface area contributed by atoms with E-state index in [0.717, 1.165) is 21.4 Å². The standard InChI is InChI=1S/C24H19BrOS/c25-22-14-12-21(13-15-22)24(26)17-23(16-11-19-7-3-1-4-8-19)27-18-20-9-5-2-6-10-20/h1-10,12-15,23H,17-18H2. The van der Waals surface area contributed by atoms with Crippen LogP contribution in [0.25, 0.3) is 0 Å². The lowest BCUT2D eigenvalue weighted by atomic mass is 10.1. The molecule has 0 radical (unpaired) electrons. The third kappa shape index (κ3) is 6.43. The van der Waals surface area contributed by atoms with E-state index in [1.54, 1.807) is 11.8 Å². The molecule has 0 heterocycles. The smallest absolute Gasteiger partial charge is 0.164 e. The lowest BCUT2D eigenvalue weighted by Crippen LogP contribution is -2.10. The van der Waals surface area contributed by atoms with Crippen LogP contribution in [0.15, 0.2) is 89.4 Å². The topological polar surface area (TPSA) is 17.1 Å². The Bertz CT molecular complexity index is 925. The summed E-state index contributed by atoms with van der Waals surface area (Å²) in [7, 11) is 0. The Morgan fingerprint density at radius 3 is 2.19 bits per heavy atom. The van der Waals surface area contributed by atoms with Gasteiger partial charge in [-0.05, 0) is 29.8 Å². The van der Waals surface area contributed by atoms with Crippen molar-refractivity contribution in [3.8, 4) is 11.8 Å². The zero-order chi connectivity index (χ0) is 18.9. The highest BCUT2D eigenvalue weighted by atomic mass is 79.9. The maximum atomic E-state index is 12.7. The van der Waals surface area contributed by atoms with Crippen LogP contribution in [0.4, 0.5) is 0 Å². The van der Waals surface area contributed by atoms with Crippen molar-refractivity contribution in [2.45, 2.75) is 17.4 Å². The molecule has 0 saturated heterocycles. The zero-order valence-electron chi connectivity index (χ0n) is 14.8. The van der Waals surface area contributed by atoms with Gasteiger partial charge in [-0.1, -0.05) is 88.4 Å². The van der Waals surface area contributed by atoms with E-state index in [0.29, 0.717) is 6.42 Å². The van der Waals surface area contributed by atoms with Crippen molar-refractivity contribution < 1.29 is 4.79 Å². The molecular weight excluding hydrogens is 416 g/mol. The van der Waals surface area contributed by atoms with Crippen molar-refractivity contribution in [1.29, 1.82) is 0 Å². The summed E-state index contributed by atoms with van der Waals surface area (Å²) < 4.78 is 0.970. The molecule has 0 amide bonds. The molecule has 0 aliphatic carbocycles. The van der Waals surface area contributed by atoms with E-state index in [4.69, 9.17) is 0 Å². The van der Waals surface area contributed by atoms with E-state index < -0.39 is 0 Å². The number of carbonyl (C=O) groups is 1. The molecule has 1 atom stereocenters. The molecule has 0 spiro atoms. The molecule has 0 aliphatic rings. The third-order valence-corrected chi connectivity index (χ3v) is 5.70. The molecule has 0 saturated carbocycles. The third-order valence-electron chi connectivity index (χ3n) is 3.98. The Morgan fingerprint density at radius 1 is 0.889 bits per heavy atom. The summed E-state index contributed by atoms with van der Waals surface area (Å²) in [6.07, 6.45) is 0.402. The van der Waals surface area contributed by atoms with Crippen LogP contribution in [-0.4, -0.2) is 11.0 Å². The van der Waals surface area contributed by atoms with E-state index in [2.05, 4.69) is 39.9 Å². The van der Waals surface area contributed by atoms with Crippen LogP contribution in [0, 0.1) is 11.8 Å². The van der Waals surface area contributed by atoms with Gasteiger partial charge in [0.05, 0.1) is 5.25 Å². The molecule has 0 aliphatic heterocycles. The monoisotopic (exact) mass is 434 g/mol. The van der Waals surface area contributed by atoms with Gasteiger partial charge in [-0.25, -0.2) is 0 Å². The minimum atomic E-state index is -0.0541. The number of carbonyl (C=O) groups excluding carboxylic acids is 1. The van der Waals surface area contributed by atoms with Gasteiger partial charge in [0.2, 0.25) is 0 Å². The molecule has 1 nitrogen and oxygen atoms in total. The predicted molar refractivity (Wildman–Crippen MR) is 118 cm³/mol. The molecule has 3 aromatic rings. The zero-order valence-corrected chi connectivity index (χ0v) is 17.2. The predicted octanol–water partition coefficient (Wildman–Crippen LogP) is 6.38. The lowest BCUT2D eigenvalue weighted by molar-refractivity contribution is 0.0986. The average molecular weight is 435 g/mol. The molecule has 3 heteroatoms. The van der Waals surface area contributed by atoms with E-state index in [1.165, 1.54) is 5.56 Å². The minimum absolute atomic E-state index is 0.0541. The number of benzene rings is 3. The minimum Gasteiger partial charge on any atom is -0.294 e. The van der Waals surface area contributed by atoms with Crippen molar-refractivity contribution in [3.63, 3.8) is 0 Å². The van der Waals surface area contributed by atoms with Gasteiger partial charge in [0.1, 0.15) is 0 Å². The van der Waals surface area contributed by atoms with Crippen LogP contribution >= 0.6 is 27.7 Å². The average Bonchev–Trinajstić information content (AvgIpc) is 2.72. The number of halogens is 1. The van der Waals surface area contributed by atoms with Crippen LogP contribution < -0.4 is 0 Å². The summed E-state index contributed by atoms with van der Waals surface area (Å²) in [5, 5.41) is -0.0541. The summed E-state index contributed by atoms with van der Waals surface area (Å²) in [6, 6.07) is 27.7. The summed E-state index contributed by atoms with van der Waals surface area (Å²) in [5.74, 6) is 7.47. The molecule has 0 fully saturated rings. The first-order valence-corrected chi connectivity index (χ1v) is 10.6. The first-order valence-electron chi connectivity index (χ1n) is 8.71. The summed E-state index contributed by atoms with van der Waals surface area (Å²) in [6.45, 7) is 0. The quantitative estimate of drug-likeness (QED) is 0.330. The highest BCUT2D eigenvalue weighted by Crippen LogP contribution is 2.22. The normalized spacial score (nSPS) is 11.3. The van der Waals surface area contributed by atoms with Gasteiger partial charge in [-0.2, -0.15) is 0 Å². The fourth-order valence-electron chi connectivity index (χ4n) is 2.53. The molecular formula is C24H19BrOS. The first kappa shape index (κ1) is 19.5. The molecule has 27 heavy (non-hydrogen) atoms. The number of Topliss-reactive ketones (excluding diaryl/α,β-unsaturated/α-hetero) is 1. The van der Waals surface area contributed by atoms with Crippen molar-refractivity contribution >= 4 is 33.5 Å². The fraction of sp³-hybridized carbons (Fsp3) is 0.125. The number of hydrogen-bond donors (Lipinski definition) is 0. The van der Waals surface area contributed by atoms with Crippen LogP contribution in [0.3, 0.4) is 0 Å². The summed E-state index contributed by atoms with van der Waals surface area (Å²) in [5.41, 5.74) is 2.94. The second kappa shape index (κ2) is 10.2. The van der Waals surface area contributed by atoms with Crippen molar-refractivity contribution in [2.24, 2.45) is 0 Å². The largest absolute Gasteiger partial charge is 0.294 e. The highest BCUT2D eigenvalue weighted by Gasteiger charge is 2.14. The molecule has 134 valence electrons. The lowest BCUT2D eigenvalue weighted by Gasteiger charge is -2.10. The molecule has 0 aromatic heterocycles. The van der Waals surface area contributed by atoms with Gasteiger partial charge in [-0.15, -0.1) is 11.8 Å². The maximum absolute atomic E-state index is 12.7.